The molecule has 0 spiro atoms. The number of hydrogen-bond donors (Lipinski definition) is 2. The number of nitrogens with zero attached hydrogens (tertiary/aromatic N) is 2. The molecule has 1 heterocycles. The number of aryl methyl sites for hydroxylation is 1. The monoisotopic (exact) mass is 255 g/mol. The van der Waals surface area contributed by atoms with Gasteiger partial charge in [-0.25, -0.2) is 14.8 Å². The van der Waals surface area contributed by atoms with Crippen LogP contribution in [0.4, 0.5) is 5.82 Å². The summed E-state index contributed by atoms with van der Waals surface area (Å²) in [4.78, 5) is 19.6. The first-order valence-corrected chi connectivity index (χ1v) is 5.40. The van der Waals surface area contributed by atoms with E-state index in [0.717, 1.165) is 0 Å². The van der Waals surface area contributed by atoms with Gasteiger partial charge in [-0.15, -0.1) is 0 Å². The highest BCUT2D eigenvalue weighted by atomic mass is 16.5. The van der Waals surface area contributed by atoms with Gasteiger partial charge in [0, 0.05) is 13.3 Å². The second kappa shape index (κ2) is 6.87. The molecule has 0 aliphatic carbocycles. The number of methoxy groups -OCH3 is 2. The van der Waals surface area contributed by atoms with E-state index in [1.165, 1.54) is 20.4 Å². The number of hydrogen-bond acceptors (Lipinski definition) is 7. The first kappa shape index (κ1) is 14.3. The van der Waals surface area contributed by atoms with E-state index in [9.17, 15) is 9.90 Å². The van der Waals surface area contributed by atoms with Crippen LogP contribution in [0.15, 0.2) is 6.20 Å². The van der Waals surface area contributed by atoms with Crippen LogP contribution in [0.2, 0.25) is 0 Å². The van der Waals surface area contributed by atoms with Crippen molar-refractivity contribution >= 4 is 11.8 Å². The summed E-state index contributed by atoms with van der Waals surface area (Å²) in [5, 5.41) is 12.1. The SMILES string of the molecule is COCC(CO)Nc1nc(C)ncc1C(=O)OC. The second-order valence-electron chi connectivity index (χ2n) is 3.65. The number of aromatic nitrogens is 2. The Bertz CT molecular complexity index is 411. The average Bonchev–Trinajstić information content (AvgIpc) is 2.37. The number of nitrogens with one attached hydrogen (secondary N) is 1. The van der Waals surface area contributed by atoms with E-state index in [1.54, 1.807) is 6.92 Å². The van der Waals surface area contributed by atoms with Crippen LogP contribution in [0, 0.1) is 6.92 Å². The molecule has 0 aliphatic rings. The largest absolute Gasteiger partial charge is 0.465 e. The predicted octanol–water partition coefficient (Wildman–Crippen LogP) is -0.00918. The lowest BCUT2D eigenvalue weighted by Gasteiger charge is -2.17. The van der Waals surface area contributed by atoms with Crippen LogP contribution in [-0.4, -0.2) is 54.5 Å². The van der Waals surface area contributed by atoms with Crippen LogP contribution in [0.1, 0.15) is 16.2 Å². The summed E-state index contributed by atoms with van der Waals surface area (Å²) in [7, 11) is 2.81. The molecule has 1 aromatic rings. The first-order chi connectivity index (χ1) is 8.62. The summed E-state index contributed by atoms with van der Waals surface area (Å²) < 4.78 is 9.58. The molecule has 7 heteroatoms. The van der Waals surface area contributed by atoms with Gasteiger partial charge >= 0.3 is 5.97 Å². The van der Waals surface area contributed by atoms with Gasteiger partial charge in [-0.2, -0.15) is 0 Å². The van der Waals surface area contributed by atoms with Crippen molar-refractivity contribution in [2.24, 2.45) is 0 Å². The van der Waals surface area contributed by atoms with E-state index in [-0.39, 0.29) is 18.2 Å². The zero-order chi connectivity index (χ0) is 13.5. The van der Waals surface area contributed by atoms with E-state index < -0.39 is 5.97 Å². The molecular weight excluding hydrogens is 238 g/mol. The van der Waals surface area contributed by atoms with Gasteiger partial charge in [0.25, 0.3) is 0 Å². The molecule has 0 bridgehead atoms. The van der Waals surface area contributed by atoms with E-state index in [1.807, 2.05) is 0 Å². The van der Waals surface area contributed by atoms with Crippen molar-refractivity contribution in [2.45, 2.75) is 13.0 Å². The zero-order valence-electron chi connectivity index (χ0n) is 10.6. The fourth-order valence-electron chi connectivity index (χ4n) is 1.37. The number of aliphatic hydroxyl groups excluding tert-OH is 1. The van der Waals surface area contributed by atoms with Crippen molar-refractivity contribution in [1.82, 2.24) is 9.97 Å². The van der Waals surface area contributed by atoms with Gasteiger partial charge in [-0.3, -0.25) is 0 Å². The Hall–Kier alpha value is -1.73. The molecule has 1 atom stereocenters. The van der Waals surface area contributed by atoms with Crippen molar-refractivity contribution in [1.29, 1.82) is 0 Å². The first-order valence-electron chi connectivity index (χ1n) is 5.40. The minimum Gasteiger partial charge on any atom is -0.465 e. The molecule has 18 heavy (non-hydrogen) atoms. The number of anilines is 1. The fraction of sp³-hybridized carbons (Fsp3) is 0.545. The standard InChI is InChI=1S/C11H17N3O4/c1-7-12-4-9(11(16)18-3)10(13-7)14-8(5-15)6-17-2/h4,8,15H,5-6H2,1-3H3,(H,12,13,14). The van der Waals surface area contributed by atoms with Crippen LogP contribution < -0.4 is 5.32 Å². The van der Waals surface area contributed by atoms with Crippen molar-refractivity contribution < 1.29 is 19.4 Å². The normalized spacial score (nSPS) is 12.0. The molecule has 0 aliphatic heterocycles. The summed E-state index contributed by atoms with van der Waals surface area (Å²) in [6.07, 6.45) is 1.39. The molecule has 0 aromatic carbocycles. The number of esters is 1. The van der Waals surface area contributed by atoms with Crippen LogP contribution >= 0.6 is 0 Å². The van der Waals surface area contributed by atoms with Crippen LogP contribution in [0.3, 0.4) is 0 Å². The Kier molecular flexibility index (Phi) is 5.47. The highest BCUT2D eigenvalue weighted by Crippen LogP contribution is 2.14. The number of ether oxygens (including phenoxy) is 2. The van der Waals surface area contributed by atoms with Crippen molar-refractivity contribution in [3.05, 3.63) is 17.6 Å². The highest BCUT2D eigenvalue weighted by molar-refractivity contribution is 5.94. The molecule has 1 rings (SSSR count). The molecule has 1 aromatic heterocycles. The maximum absolute atomic E-state index is 11.5. The smallest absolute Gasteiger partial charge is 0.343 e. The molecule has 0 saturated carbocycles. The Morgan fingerprint density at radius 1 is 1.56 bits per heavy atom. The molecule has 0 radical (unpaired) electrons. The molecule has 100 valence electrons. The molecule has 2 N–H and O–H groups in total. The molecule has 0 fully saturated rings. The molecule has 0 saturated heterocycles. The van der Waals surface area contributed by atoms with Gasteiger partial charge < -0.3 is 19.9 Å². The Labute approximate surface area is 105 Å². The van der Waals surface area contributed by atoms with Gasteiger partial charge in [0.1, 0.15) is 17.2 Å². The lowest BCUT2D eigenvalue weighted by molar-refractivity contribution is 0.0600. The van der Waals surface area contributed by atoms with Crippen molar-refractivity contribution in [2.75, 3.05) is 32.8 Å². The lowest BCUT2D eigenvalue weighted by Crippen LogP contribution is -2.30. The highest BCUT2D eigenvalue weighted by Gasteiger charge is 2.17. The quantitative estimate of drug-likeness (QED) is 0.690. The predicted molar refractivity (Wildman–Crippen MR) is 64.5 cm³/mol. The Morgan fingerprint density at radius 3 is 2.83 bits per heavy atom. The third kappa shape index (κ3) is 3.64. The van der Waals surface area contributed by atoms with E-state index in [4.69, 9.17) is 4.74 Å². The minimum absolute atomic E-state index is 0.141. The maximum atomic E-state index is 11.5. The van der Waals surface area contributed by atoms with Gasteiger partial charge in [-0.05, 0) is 6.92 Å². The third-order valence-corrected chi connectivity index (χ3v) is 2.24. The maximum Gasteiger partial charge on any atom is 0.343 e. The molecule has 0 amide bonds. The van der Waals surface area contributed by atoms with Crippen LogP contribution in [0.25, 0.3) is 0 Å². The fourth-order valence-corrected chi connectivity index (χ4v) is 1.37. The van der Waals surface area contributed by atoms with Gasteiger partial charge in [0.2, 0.25) is 0 Å². The summed E-state index contributed by atoms with van der Waals surface area (Å²) in [6, 6.07) is -0.354. The Morgan fingerprint density at radius 2 is 2.28 bits per heavy atom. The number of carbonyl (C=O) groups is 1. The average molecular weight is 255 g/mol. The number of aliphatic hydroxyl groups is 1. The molecule has 1 unspecified atom stereocenters. The summed E-state index contributed by atoms with van der Waals surface area (Å²) in [5.41, 5.74) is 0.220. The van der Waals surface area contributed by atoms with Crippen LogP contribution in [0.5, 0.6) is 0 Å². The third-order valence-electron chi connectivity index (χ3n) is 2.24. The topological polar surface area (TPSA) is 93.6 Å². The van der Waals surface area contributed by atoms with Gasteiger partial charge in [0.15, 0.2) is 0 Å². The summed E-state index contributed by atoms with van der Waals surface area (Å²) >= 11 is 0. The van der Waals surface area contributed by atoms with Crippen molar-refractivity contribution in [3.63, 3.8) is 0 Å². The number of rotatable bonds is 6. The molecular formula is C11H17N3O4. The minimum atomic E-state index is -0.536. The van der Waals surface area contributed by atoms with E-state index >= 15 is 0 Å². The zero-order valence-corrected chi connectivity index (χ0v) is 10.6. The summed E-state index contributed by atoms with van der Waals surface area (Å²) in [5.74, 6) is 0.302. The van der Waals surface area contributed by atoms with Crippen molar-refractivity contribution in [3.8, 4) is 0 Å². The number of carbonyl (C=O) groups excluding carboxylic acids is 1. The van der Waals surface area contributed by atoms with E-state index in [0.29, 0.717) is 18.2 Å². The second-order valence-corrected chi connectivity index (χ2v) is 3.65. The van der Waals surface area contributed by atoms with E-state index in [2.05, 4.69) is 20.0 Å². The summed E-state index contributed by atoms with van der Waals surface area (Å²) in [6.45, 7) is 1.86. The Balaban J connectivity index is 2.97. The lowest BCUT2D eigenvalue weighted by atomic mass is 10.2. The van der Waals surface area contributed by atoms with Gasteiger partial charge in [0.05, 0.1) is 26.4 Å². The van der Waals surface area contributed by atoms with Crippen LogP contribution in [-0.2, 0) is 9.47 Å². The molecule has 7 nitrogen and oxygen atoms in total. The van der Waals surface area contributed by atoms with Gasteiger partial charge in [-0.1, -0.05) is 0 Å².